The van der Waals surface area contributed by atoms with Gasteiger partial charge in [-0.15, -0.1) is 0 Å². The Morgan fingerprint density at radius 2 is 2.06 bits per heavy atom. The van der Waals surface area contributed by atoms with Crippen LogP contribution >= 0.6 is 15.9 Å². The molecule has 2 rings (SSSR count). The van der Waals surface area contributed by atoms with Crippen molar-refractivity contribution >= 4 is 21.8 Å². The van der Waals surface area contributed by atoms with Gasteiger partial charge in [-0.2, -0.15) is 0 Å². The van der Waals surface area contributed by atoms with E-state index in [1.54, 1.807) is 6.07 Å². The summed E-state index contributed by atoms with van der Waals surface area (Å²) in [6.45, 7) is 0.779. The lowest BCUT2D eigenvalue weighted by Crippen LogP contribution is -2.28. The van der Waals surface area contributed by atoms with Crippen LogP contribution in [-0.2, 0) is 0 Å². The first-order valence-corrected chi connectivity index (χ1v) is 7.49. The fourth-order valence-electron chi connectivity index (χ4n) is 2.39. The summed E-state index contributed by atoms with van der Waals surface area (Å²) in [6, 6.07) is 7.32. The summed E-state index contributed by atoms with van der Waals surface area (Å²) in [5.74, 6) is 1.23. The maximum Gasteiger partial charge on any atom is 0.255 e. The van der Waals surface area contributed by atoms with E-state index in [-0.39, 0.29) is 5.91 Å². The Balaban J connectivity index is 1.94. The zero-order valence-electron chi connectivity index (χ0n) is 10.3. The maximum atomic E-state index is 12.1. The average Bonchev–Trinajstić information content (AvgIpc) is 2.90. The predicted molar refractivity (Wildman–Crippen MR) is 75.2 cm³/mol. The zero-order valence-corrected chi connectivity index (χ0v) is 11.9. The highest BCUT2D eigenvalue weighted by atomic mass is 79.9. The summed E-state index contributed by atoms with van der Waals surface area (Å²) in [6.07, 6.45) is 5.06. The number of halogens is 1. The third-order valence-corrected chi connectivity index (χ3v) is 3.60. The van der Waals surface area contributed by atoms with Gasteiger partial charge in [-0.05, 0) is 46.8 Å². The maximum absolute atomic E-state index is 12.1. The van der Waals surface area contributed by atoms with Crippen LogP contribution in [0.4, 0.5) is 0 Å². The predicted octanol–water partition coefficient (Wildman–Crippen LogP) is 3.34. The highest BCUT2D eigenvalue weighted by Gasteiger charge is 2.17. The SMILES string of the molecule is O=C(NCC1CCCC1)c1ccccc1OCBr. The molecule has 1 saturated carbocycles. The van der Waals surface area contributed by atoms with E-state index in [9.17, 15) is 4.79 Å². The van der Waals surface area contributed by atoms with Crippen molar-refractivity contribution in [3.05, 3.63) is 29.8 Å². The minimum absolute atomic E-state index is 0.0431. The summed E-state index contributed by atoms with van der Waals surface area (Å²) in [7, 11) is 0. The summed E-state index contributed by atoms with van der Waals surface area (Å²) in [5, 5.41) is 3.01. The third kappa shape index (κ3) is 3.48. The first-order valence-electron chi connectivity index (χ1n) is 6.37. The molecule has 0 spiro atoms. The minimum atomic E-state index is -0.0431. The molecule has 0 atom stereocenters. The van der Waals surface area contributed by atoms with E-state index in [0.717, 1.165) is 6.54 Å². The first-order chi connectivity index (χ1) is 8.81. The van der Waals surface area contributed by atoms with Crippen molar-refractivity contribution in [1.29, 1.82) is 0 Å². The van der Waals surface area contributed by atoms with Crippen molar-refractivity contribution in [3.63, 3.8) is 0 Å². The smallest absolute Gasteiger partial charge is 0.255 e. The number of ether oxygens (including phenoxy) is 1. The second kappa shape index (κ2) is 6.78. The van der Waals surface area contributed by atoms with E-state index in [1.165, 1.54) is 25.7 Å². The fraction of sp³-hybridized carbons (Fsp3) is 0.500. The fourth-order valence-corrected chi connectivity index (χ4v) is 2.63. The van der Waals surface area contributed by atoms with Gasteiger partial charge in [0, 0.05) is 6.54 Å². The zero-order chi connectivity index (χ0) is 12.8. The monoisotopic (exact) mass is 311 g/mol. The van der Waals surface area contributed by atoms with Crippen LogP contribution in [0.1, 0.15) is 36.0 Å². The van der Waals surface area contributed by atoms with Gasteiger partial charge in [0.15, 0.2) is 0 Å². The quantitative estimate of drug-likeness (QED) is 0.847. The number of nitrogens with one attached hydrogen (secondary N) is 1. The molecule has 0 saturated heterocycles. The molecule has 1 aliphatic carbocycles. The Hall–Kier alpha value is -1.03. The number of amides is 1. The second-order valence-corrected chi connectivity index (χ2v) is 5.07. The molecule has 1 amide bonds. The first kappa shape index (κ1) is 13.4. The van der Waals surface area contributed by atoms with E-state index in [1.807, 2.05) is 18.2 Å². The van der Waals surface area contributed by atoms with Gasteiger partial charge in [-0.25, -0.2) is 0 Å². The van der Waals surface area contributed by atoms with Gasteiger partial charge in [0.05, 0.1) is 5.56 Å². The number of hydrogen-bond acceptors (Lipinski definition) is 2. The van der Waals surface area contributed by atoms with E-state index in [4.69, 9.17) is 4.74 Å². The molecule has 0 bridgehead atoms. The normalized spacial score (nSPS) is 15.6. The van der Waals surface area contributed by atoms with Crippen molar-refractivity contribution in [2.45, 2.75) is 25.7 Å². The van der Waals surface area contributed by atoms with E-state index >= 15 is 0 Å². The van der Waals surface area contributed by atoms with Crippen molar-refractivity contribution in [2.75, 3.05) is 12.1 Å². The standard InChI is InChI=1S/C14H18BrNO2/c15-10-18-13-8-4-3-7-12(13)14(17)16-9-11-5-1-2-6-11/h3-4,7-8,11H,1-2,5-6,9-10H2,(H,16,17). The molecule has 1 N–H and O–H groups in total. The third-order valence-electron chi connectivity index (χ3n) is 3.37. The topological polar surface area (TPSA) is 38.3 Å². The highest BCUT2D eigenvalue weighted by Crippen LogP contribution is 2.24. The van der Waals surface area contributed by atoms with Crippen molar-refractivity contribution in [1.82, 2.24) is 5.32 Å². The van der Waals surface area contributed by atoms with Crippen LogP contribution in [0.5, 0.6) is 5.75 Å². The van der Waals surface area contributed by atoms with Crippen LogP contribution in [0.3, 0.4) is 0 Å². The number of rotatable bonds is 5. The van der Waals surface area contributed by atoms with Gasteiger partial charge in [-0.1, -0.05) is 25.0 Å². The summed E-state index contributed by atoms with van der Waals surface area (Å²) < 4.78 is 5.39. The van der Waals surface area contributed by atoms with Gasteiger partial charge < -0.3 is 10.1 Å². The van der Waals surface area contributed by atoms with E-state index in [2.05, 4.69) is 21.2 Å². The Labute approximate surface area is 116 Å². The average molecular weight is 312 g/mol. The van der Waals surface area contributed by atoms with Gasteiger partial charge in [0.1, 0.15) is 11.3 Å². The molecule has 1 aromatic carbocycles. The minimum Gasteiger partial charge on any atom is -0.482 e. The molecule has 98 valence electrons. The molecule has 3 nitrogen and oxygen atoms in total. The lowest BCUT2D eigenvalue weighted by atomic mass is 10.1. The van der Waals surface area contributed by atoms with Crippen molar-refractivity contribution in [2.24, 2.45) is 5.92 Å². The van der Waals surface area contributed by atoms with Crippen LogP contribution in [0, 0.1) is 5.92 Å². The molecule has 0 radical (unpaired) electrons. The number of hydrogen-bond donors (Lipinski definition) is 1. The van der Waals surface area contributed by atoms with Gasteiger partial charge >= 0.3 is 0 Å². The molecule has 0 heterocycles. The molecular weight excluding hydrogens is 294 g/mol. The molecular formula is C14H18BrNO2. The Morgan fingerprint density at radius 1 is 1.33 bits per heavy atom. The lowest BCUT2D eigenvalue weighted by molar-refractivity contribution is 0.0944. The van der Waals surface area contributed by atoms with Crippen LogP contribution in [0.15, 0.2) is 24.3 Å². The van der Waals surface area contributed by atoms with E-state index in [0.29, 0.717) is 22.7 Å². The summed E-state index contributed by atoms with van der Waals surface area (Å²) >= 11 is 3.21. The Kier molecular flexibility index (Phi) is 5.05. The van der Waals surface area contributed by atoms with Gasteiger partial charge in [0.2, 0.25) is 0 Å². The number of para-hydroxylation sites is 1. The Morgan fingerprint density at radius 3 is 2.78 bits per heavy atom. The molecule has 4 heteroatoms. The second-order valence-electron chi connectivity index (χ2n) is 4.61. The molecule has 0 aromatic heterocycles. The van der Waals surface area contributed by atoms with Crippen molar-refractivity contribution < 1.29 is 9.53 Å². The molecule has 1 aliphatic rings. The lowest BCUT2D eigenvalue weighted by Gasteiger charge is -2.12. The number of carbonyl (C=O) groups excluding carboxylic acids is 1. The molecule has 1 aromatic rings. The molecule has 0 unspecified atom stereocenters. The largest absolute Gasteiger partial charge is 0.482 e. The number of carbonyl (C=O) groups is 1. The molecule has 18 heavy (non-hydrogen) atoms. The molecule has 0 aliphatic heterocycles. The van der Waals surface area contributed by atoms with Crippen LogP contribution < -0.4 is 10.1 Å². The summed E-state index contributed by atoms with van der Waals surface area (Å²) in [5.41, 5.74) is 0.995. The van der Waals surface area contributed by atoms with Crippen LogP contribution in [0.2, 0.25) is 0 Å². The van der Waals surface area contributed by atoms with Gasteiger partial charge in [0.25, 0.3) is 5.91 Å². The van der Waals surface area contributed by atoms with Crippen LogP contribution in [0.25, 0.3) is 0 Å². The van der Waals surface area contributed by atoms with Crippen LogP contribution in [-0.4, -0.2) is 18.0 Å². The van der Waals surface area contributed by atoms with Crippen molar-refractivity contribution in [3.8, 4) is 5.75 Å². The summed E-state index contributed by atoms with van der Waals surface area (Å²) in [4.78, 5) is 12.1. The Bertz CT molecular complexity index is 403. The molecule has 1 fully saturated rings. The number of alkyl halides is 1. The van der Waals surface area contributed by atoms with Gasteiger partial charge in [-0.3, -0.25) is 4.79 Å². The highest BCUT2D eigenvalue weighted by molar-refractivity contribution is 9.09. The van der Waals surface area contributed by atoms with E-state index < -0.39 is 0 Å². The number of benzene rings is 1.